The van der Waals surface area contributed by atoms with Gasteiger partial charge in [0.2, 0.25) is 11.6 Å². The molecule has 0 unspecified atom stereocenters. The van der Waals surface area contributed by atoms with Gasteiger partial charge in [-0.15, -0.1) is 0 Å². The highest BCUT2D eigenvalue weighted by Crippen LogP contribution is 2.33. The normalized spacial score (nSPS) is 21.0. The minimum atomic E-state index is -0.547. The number of nitrogens with zero attached hydrogens (tertiary/aromatic N) is 3. The van der Waals surface area contributed by atoms with Gasteiger partial charge < -0.3 is 16.4 Å². The molecule has 0 amide bonds. The summed E-state index contributed by atoms with van der Waals surface area (Å²) in [6.45, 7) is 8.47. The first-order chi connectivity index (χ1) is 9.60. The molecule has 0 spiro atoms. The molecule has 1 aromatic rings. The summed E-state index contributed by atoms with van der Waals surface area (Å²) in [7, 11) is 0. The summed E-state index contributed by atoms with van der Waals surface area (Å²) in [5.74, 6) is 0.0657. The van der Waals surface area contributed by atoms with Crippen LogP contribution in [0.25, 0.3) is 0 Å². The Balaban J connectivity index is 2.26. The van der Waals surface area contributed by atoms with Gasteiger partial charge in [0.05, 0.1) is 4.92 Å². The molecule has 0 atom stereocenters. The maximum absolute atomic E-state index is 11.1. The maximum atomic E-state index is 11.1. The molecular weight excluding hydrogens is 272 g/mol. The zero-order valence-corrected chi connectivity index (χ0v) is 12.8. The smallest absolute Gasteiger partial charge is 0.352 e. The number of rotatable bonds is 3. The van der Waals surface area contributed by atoms with Crippen LogP contribution in [0.1, 0.15) is 40.5 Å². The van der Waals surface area contributed by atoms with Crippen molar-refractivity contribution in [1.29, 1.82) is 0 Å². The van der Waals surface area contributed by atoms with Crippen LogP contribution < -0.4 is 16.4 Å². The lowest BCUT2D eigenvalue weighted by Gasteiger charge is -2.46. The van der Waals surface area contributed by atoms with Crippen molar-refractivity contribution in [3.8, 4) is 0 Å². The van der Waals surface area contributed by atoms with E-state index in [0.717, 1.165) is 12.8 Å². The predicted molar refractivity (Wildman–Crippen MR) is 81.0 cm³/mol. The zero-order valence-electron chi connectivity index (χ0n) is 12.8. The Morgan fingerprint density at radius 3 is 2.43 bits per heavy atom. The van der Waals surface area contributed by atoms with Crippen molar-refractivity contribution in [2.24, 2.45) is 0 Å². The van der Waals surface area contributed by atoms with Crippen LogP contribution in [0.4, 0.5) is 17.3 Å². The average Bonchev–Trinajstić information content (AvgIpc) is 2.23. The molecule has 2 rings (SSSR count). The predicted octanol–water partition coefficient (Wildman–Crippen LogP) is 1.69. The van der Waals surface area contributed by atoms with Gasteiger partial charge in [-0.2, -0.15) is 0 Å². The Morgan fingerprint density at radius 2 is 1.90 bits per heavy atom. The van der Waals surface area contributed by atoms with Crippen molar-refractivity contribution in [3.05, 3.63) is 16.4 Å². The Hall–Kier alpha value is -1.96. The molecule has 8 heteroatoms. The van der Waals surface area contributed by atoms with Crippen molar-refractivity contribution in [2.45, 2.75) is 57.7 Å². The molecule has 1 aliphatic rings. The second kappa shape index (κ2) is 5.10. The molecular formula is C13H22N6O2. The number of anilines is 2. The molecule has 0 radical (unpaired) electrons. The van der Waals surface area contributed by atoms with E-state index in [2.05, 4.69) is 48.3 Å². The van der Waals surface area contributed by atoms with Gasteiger partial charge in [0, 0.05) is 17.1 Å². The van der Waals surface area contributed by atoms with E-state index in [-0.39, 0.29) is 34.4 Å². The largest absolute Gasteiger partial charge is 0.378 e. The number of aromatic nitrogens is 2. The Kier molecular flexibility index (Phi) is 3.75. The molecule has 0 aromatic carbocycles. The minimum Gasteiger partial charge on any atom is -0.378 e. The van der Waals surface area contributed by atoms with Crippen LogP contribution in [0, 0.1) is 10.1 Å². The Morgan fingerprint density at radius 1 is 1.33 bits per heavy atom. The van der Waals surface area contributed by atoms with E-state index in [9.17, 15) is 10.1 Å². The number of nitrogens with two attached hydrogens (primary N) is 1. The summed E-state index contributed by atoms with van der Waals surface area (Å²) < 4.78 is 0. The van der Waals surface area contributed by atoms with Gasteiger partial charge in [-0.1, -0.05) is 0 Å². The van der Waals surface area contributed by atoms with Gasteiger partial charge in [0.1, 0.15) is 6.33 Å². The number of nitro groups is 1. The second-order valence-electron chi connectivity index (χ2n) is 6.86. The summed E-state index contributed by atoms with van der Waals surface area (Å²) in [4.78, 5) is 18.3. The third-order valence-electron chi connectivity index (χ3n) is 3.56. The molecule has 2 heterocycles. The fraction of sp³-hybridized carbons (Fsp3) is 0.692. The van der Waals surface area contributed by atoms with Gasteiger partial charge in [0.25, 0.3) is 0 Å². The summed E-state index contributed by atoms with van der Waals surface area (Å²) in [5, 5.41) is 17.9. The highest BCUT2D eigenvalue weighted by atomic mass is 16.6. The first kappa shape index (κ1) is 15.4. The third-order valence-corrected chi connectivity index (χ3v) is 3.56. The van der Waals surface area contributed by atoms with E-state index in [1.165, 1.54) is 6.33 Å². The van der Waals surface area contributed by atoms with Crippen molar-refractivity contribution in [1.82, 2.24) is 15.3 Å². The van der Waals surface area contributed by atoms with Crippen LogP contribution in [0.3, 0.4) is 0 Å². The number of hydrogen-bond acceptors (Lipinski definition) is 7. The van der Waals surface area contributed by atoms with E-state index in [0.29, 0.717) is 0 Å². The number of nitrogens with one attached hydrogen (secondary N) is 2. The first-order valence-electron chi connectivity index (χ1n) is 6.90. The standard InChI is InChI=1S/C13H22N6O2/c1-12(2)5-8(6-13(3,4)18-12)17-11-9(19(20)21)10(14)15-7-16-11/h7-8,18H,5-6H2,1-4H3,(H3,14,15,16,17). The zero-order chi connectivity index (χ0) is 15.8. The number of nitrogen functional groups attached to an aromatic ring is 1. The van der Waals surface area contributed by atoms with Crippen LogP contribution in [-0.4, -0.2) is 32.0 Å². The summed E-state index contributed by atoms with van der Waals surface area (Å²) in [6.07, 6.45) is 2.90. The highest BCUT2D eigenvalue weighted by molar-refractivity contribution is 5.67. The molecule has 0 aliphatic carbocycles. The summed E-state index contributed by atoms with van der Waals surface area (Å²) in [6, 6.07) is 0.0734. The molecule has 1 aliphatic heterocycles. The van der Waals surface area contributed by atoms with Crippen molar-refractivity contribution >= 4 is 17.3 Å². The lowest BCUT2D eigenvalue weighted by Crippen LogP contribution is -2.60. The average molecular weight is 294 g/mol. The van der Waals surface area contributed by atoms with Gasteiger partial charge in [-0.3, -0.25) is 10.1 Å². The summed E-state index contributed by atoms with van der Waals surface area (Å²) in [5.41, 5.74) is 5.21. The van der Waals surface area contributed by atoms with E-state index in [4.69, 9.17) is 5.73 Å². The highest BCUT2D eigenvalue weighted by Gasteiger charge is 2.38. The Labute approximate surface area is 123 Å². The molecule has 1 aromatic heterocycles. The molecule has 8 nitrogen and oxygen atoms in total. The van der Waals surface area contributed by atoms with Crippen molar-refractivity contribution < 1.29 is 4.92 Å². The summed E-state index contributed by atoms with van der Waals surface area (Å²) >= 11 is 0. The maximum Gasteiger partial charge on any atom is 0.352 e. The monoisotopic (exact) mass is 294 g/mol. The molecule has 21 heavy (non-hydrogen) atoms. The fourth-order valence-electron chi connectivity index (χ4n) is 3.30. The lowest BCUT2D eigenvalue weighted by atomic mass is 9.79. The van der Waals surface area contributed by atoms with Gasteiger partial charge in [0.15, 0.2) is 0 Å². The van der Waals surface area contributed by atoms with Gasteiger partial charge in [-0.25, -0.2) is 9.97 Å². The molecule has 0 saturated carbocycles. The first-order valence-corrected chi connectivity index (χ1v) is 6.90. The fourth-order valence-corrected chi connectivity index (χ4v) is 3.30. The molecule has 116 valence electrons. The second-order valence-corrected chi connectivity index (χ2v) is 6.86. The van der Waals surface area contributed by atoms with Gasteiger partial charge >= 0.3 is 5.69 Å². The van der Waals surface area contributed by atoms with Crippen molar-refractivity contribution in [3.63, 3.8) is 0 Å². The molecule has 1 fully saturated rings. The van der Waals surface area contributed by atoms with Crippen LogP contribution in [0.15, 0.2) is 6.33 Å². The van der Waals surface area contributed by atoms with E-state index in [1.54, 1.807) is 0 Å². The molecule has 4 N–H and O–H groups in total. The third kappa shape index (κ3) is 3.57. The van der Waals surface area contributed by atoms with Crippen LogP contribution in [-0.2, 0) is 0 Å². The van der Waals surface area contributed by atoms with Gasteiger partial charge in [-0.05, 0) is 40.5 Å². The topological polar surface area (TPSA) is 119 Å². The van der Waals surface area contributed by atoms with Crippen LogP contribution >= 0.6 is 0 Å². The Bertz CT molecular complexity index is 542. The number of piperidine rings is 1. The lowest BCUT2D eigenvalue weighted by molar-refractivity contribution is -0.383. The van der Waals surface area contributed by atoms with E-state index < -0.39 is 4.92 Å². The van der Waals surface area contributed by atoms with Crippen LogP contribution in [0.5, 0.6) is 0 Å². The van der Waals surface area contributed by atoms with Crippen LogP contribution in [0.2, 0.25) is 0 Å². The number of hydrogen-bond donors (Lipinski definition) is 3. The SMILES string of the molecule is CC1(C)CC(Nc2ncnc(N)c2[N+](=O)[O-])CC(C)(C)N1. The van der Waals surface area contributed by atoms with E-state index in [1.807, 2.05) is 0 Å². The molecule has 0 bridgehead atoms. The minimum absolute atomic E-state index is 0.0627. The van der Waals surface area contributed by atoms with E-state index >= 15 is 0 Å². The quantitative estimate of drug-likeness (QED) is 0.573. The van der Waals surface area contributed by atoms with Crippen molar-refractivity contribution in [2.75, 3.05) is 11.1 Å². The molecule has 1 saturated heterocycles.